The number of hydrogen-bond acceptors (Lipinski definition) is 2. The van der Waals surface area contributed by atoms with Crippen LogP contribution < -0.4 is 5.32 Å². The molecule has 1 aromatic carbocycles. The maximum Gasteiger partial charge on any atom is 0.251 e. The molecule has 0 fully saturated rings. The summed E-state index contributed by atoms with van der Waals surface area (Å²) in [5.74, 6) is -0.680. The molecule has 2 nitrogen and oxygen atoms in total. The Bertz CT molecular complexity index is 423. The first-order valence-corrected chi connectivity index (χ1v) is 7.16. The molecule has 17 heavy (non-hydrogen) atoms. The molecule has 1 rings (SSSR count). The second-order valence-corrected chi connectivity index (χ2v) is 6.64. The molecule has 1 aromatic rings. The molecule has 0 saturated carbocycles. The van der Waals surface area contributed by atoms with E-state index in [1.54, 1.807) is 17.8 Å². The largest absolute Gasteiger partial charge is 0.351 e. The minimum Gasteiger partial charge on any atom is -0.351 e. The van der Waals surface area contributed by atoms with Crippen LogP contribution in [0.2, 0.25) is 0 Å². The molecule has 0 aromatic heterocycles. The zero-order valence-corrected chi connectivity index (χ0v) is 12.4. The lowest BCUT2D eigenvalue weighted by molar-refractivity contribution is 0.0950. The van der Waals surface area contributed by atoms with Gasteiger partial charge in [0, 0.05) is 16.9 Å². The van der Waals surface area contributed by atoms with Crippen molar-refractivity contribution in [1.29, 1.82) is 0 Å². The van der Waals surface area contributed by atoms with Gasteiger partial charge in [0.05, 0.1) is 4.47 Å². The van der Waals surface area contributed by atoms with Crippen molar-refractivity contribution in [2.45, 2.75) is 18.6 Å². The number of carbonyl (C=O) groups is 1. The van der Waals surface area contributed by atoms with Crippen LogP contribution in [-0.2, 0) is 0 Å². The van der Waals surface area contributed by atoms with Crippen molar-refractivity contribution < 1.29 is 9.18 Å². The quantitative estimate of drug-likeness (QED) is 0.920. The highest BCUT2D eigenvalue weighted by molar-refractivity contribution is 9.10. The second kappa shape index (κ2) is 5.87. The fourth-order valence-corrected chi connectivity index (χ4v) is 1.57. The van der Waals surface area contributed by atoms with E-state index in [1.807, 2.05) is 20.1 Å². The Kier molecular flexibility index (Phi) is 5.01. The van der Waals surface area contributed by atoms with Crippen molar-refractivity contribution in [3.8, 4) is 0 Å². The van der Waals surface area contributed by atoms with E-state index in [1.165, 1.54) is 12.1 Å². The van der Waals surface area contributed by atoms with Gasteiger partial charge in [0.15, 0.2) is 0 Å². The van der Waals surface area contributed by atoms with E-state index >= 15 is 0 Å². The Hall–Kier alpha value is -0.550. The van der Waals surface area contributed by atoms with Gasteiger partial charge < -0.3 is 5.32 Å². The first-order valence-electron chi connectivity index (χ1n) is 5.14. The summed E-state index contributed by atoms with van der Waals surface area (Å²) in [7, 11) is 0. The zero-order valence-electron chi connectivity index (χ0n) is 10.0. The number of rotatable bonds is 4. The topological polar surface area (TPSA) is 29.1 Å². The molecule has 0 bridgehead atoms. The van der Waals surface area contributed by atoms with Crippen LogP contribution in [0.15, 0.2) is 22.7 Å². The maximum absolute atomic E-state index is 13.2. The Morgan fingerprint density at radius 1 is 1.53 bits per heavy atom. The third-order valence-corrected chi connectivity index (χ3v) is 4.30. The van der Waals surface area contributed by atoms with Crippen molar-refractivity contribution in [2.24, 2.45) is 0 Å². The summed E-state index contributed by atoms with van der Waals surface area (Å²) in [6.45, 7) is 4.63. The lowest BCUT2D eigenvalue weighted by Crippen LogP contribution is -2.36. The Balaban J connectivity index is 2.68. The minimum atomic E-state index is -0.429. The fourth-order valence-electron chi connectivity index (χ4n) is 1.10. The summed E-state index contributed by atoms with van der Waals surface area (Å²) < 4.78 is 13.6. The lowest BCUT2D eigenvalue weighted by Gasteiger charge is -2.22. The van der Waals surface area contributed by atoms with Crippen LogP contribution in [0.4, 0.5) is 4.39 Å². The smallest absolute Gasteiger partial charge is 0.251 e. The van der Waals surface area contributed by atoms with Crippen molar-refractivity contribution in [1.82, 2.24) is 5.32 Å². The van der Waals surface area contributed by atoms with Crippen molar-refractivity contribution in [2.75, 3.05) is 12.8 Å². The van der Waals surface area contributed by atoms with Crippen LogP contribution in [0.5, 0.6) is 0 Å². The third kappa shape index (κ3) is 4.32. The SMILES string of the molecule is CSC(C)(C)CNC(=O)c1ccc(Br)c(F)c1. The Morgan fingerprint density at radius 3 is 2.71 bits per heavy atom. The van der Waals surface area contributed by atoms with E-state index in [2.05, 4.69) is 21.2 Å². The Morgan fingerprint density at radius 2 is 2.18 bits per heavy atom. The molecule has 1 amide bonds. The van der Waals surface area contributed by atoms with Crippen LogP contribution in [0.25, 0.3) is 0 Å². The van der Waals surface area contributed by atoms with Crippen LogP contribution in [0.1, 0.15) is 24.2 Å². The predicted molar refractivity (Wildman–Crippen MR) is 74.0 cm³/mol. The third-order valence-electron chi connectivity index (χ3n) is 2.41. The van der Waals surface area contributed by atoms with E-state index in [0.717, 1.165) is 0 Å². The van der Waals surface area contributed by atoms with E-state index in [4.69, 9.17) is 0 Å². The van der Waals surface area contributed by atoms with E-state index in [0.29, 0.717) is 16.6 Å². The predicted octanol–water partition coefficient (Wildman–Crippen LogP) is 3.46. The van der Waals surface area contributed by atoms with Gasteiger partial charge in [-0.05, 0) is 54.2 Å². The van der Waals surface area contributed by atoms with E-state index in [-0.39, 0.29) is 10.7 Å². The number of benzene rings is 1. The summed E-state index contributed by atoms with van der Waals surface area (Å²) in [6.07, 6.45) is 1.99. The molecule has 5 heteroatoms. The number of thioether (sulfide) groups is 1. The van der Waals surface area contributed by atoms with Gasteiger partial charge in [0.1, 0.15) is 5.82 Å². The average molecular weight is 320 g/mol. The monoisotopic (exact) mass is 319 g/mol. The van der Waals surface area contributed by atoms with Crippen LogP contribution in [-0.4, -0.2) is 23.5 Å². The van der Waals surface area contributed by atoms with Crippen molar-refractivity contribution in [3.63, 3.8) is 0 Å². The maximum atomic E-state index is 13.2. The standard InChI is InChI=1S/C12H15BrFNOS/c1-12(2,17-3)7-15-11(16)8-4-5-9(13)10(14)6-8/h4-6H,7H2,1-3H3,(H,15,16). The molecule has 0 aliphatic rings. The molecular weight excluding hydrogens is 305 g/mol. The van der Waals surface area contributed by atoms with Crippen LogP contribution in [0, 0.1) is 5.82 Å². The zero-order chi connectivity index (χ0) is 13.1. The first kappa shape index (κ1) is 14.5. The highest BCUT2D eigenvalue weighted by Crippen LogP contribution is 2.20. The number of halogens is 2. The van der Waals surface area contributed by atoms with Gasteiger partial charge in [-0.15, -0.1) is 0 Å². The normalized spacial score (nSPS) is 11.4. The highest BCUT2D eigenvalue weighted by atomic mass is 79.9. The molecule has 1 N–H and O–H groups in total. The van der Waals surface area contributed by atoms with Gasteiger partial charge in [-0.25, -0.2) is 4.39 Å². The number of carbonyl (C=O) groups excluding carboxylic acids is 1. The van der Waals surface area contributed by atoms with Gasteiger partial charge in [0.25, 0.3) is 5.91 Å². The summed E-state index contributed by atoms with van der Waals surface area (Å²) in [6, 6.07) is 4.35. The first-order chi connectivity index (χ1) is 7.85. The molecule has 0 saturated heterocycles. The molecular formula is C12H15BrFNOS. The van der Waals surface area contributed by atoms with Crippen LogP contribution in [0.3, 0.4) is 0 Å². The molecule has 0 aliphatic carbocycles. The molecule has 0 heterocycles. The summed E-state index contributed by atoms with van der Waals surface area (Å²) in [5.41, 5.74) is 0.336. The number of amides is 1. The molecule has 0 atom stereocenters. The van der Waals surface area contributed by atoms with E-state index in [9.17, 15) is 9.18 Å². The summed E-state index contributed by atoms with van der Waals surface area (Å²) in [5, 5.41) is 2.80. The minimum absolute atomic E-state index is 0.0242. The van der Waals surface area contributed by atoms with E-state index < -0.39 is 5.82 Å². The molecule has 0 radical (unpaired) electrons. The number of hydrogen-bond donors (Lipinski definition) is 1. The molecule has 0 unspecified atom stereocenters. The molecule has 0 aliphatic heterocycles. The highest BCUT2D eigenvalue weighted by Gasteiger charge is 2.17. The van der Waals surface area contributed by atoms with Gasteiger partial charge in [-0.1, -0.05) is 0 Å². The molecule has 0 spiro atoms. The van der Waals surface area contributed by atoms with Crippen molar-refractivity contribution in [3.05, 3.63) is 34.1 Å². The van der Waals surface area contributed by atoms with Gasteiger partial charge in [-0.2, -0.15) is 11.8 Å². The summed E-state index contributed by atoms with van der Waals surface area (Å²) >= 11 is 4.72. The lowest BCUT2D eigenvalue weighted by atomic mass is 10.1. The number of nitrogens with one attached hydrogen (secondary N) is 1. The average Bonchev–Trinajstić information content (AvgIpc) is 2.30. The Labute approximate surface area is 113 Å². The van der Waals surface area contributed by atoms with Crippen molar-refractivity contribution >= 4 is 33.6 Å². The molecule has 94 valence electrons. The fraction of sp³-hybridized carbons (Fsp3) is 0.417. The second-order valence-electron chi connectivity index (χ2n) is 4.28. The summed E-state index contributed by atoms with van der Waals surface area (Å²) in [4.78, 5) is 11.8. The van der Waals surface area contributed by atoms with Gasteiger partial charge >= 0.3 is 0 Å². The van der Waals surface area contributed by atoms with Gasteiger partial charge in [0.2, 0.25) is 0 Å². The van der Waals surface area contributed by atoms with Crippen LogP contribution >= 0.6 is 27.7 Å². The van der Waals surface area contributed by atoms with Gasteiger partial charge in [-0.3, -0.25) is 4.79 Å².